The Labute approximate surface area is 178 Å². The summed E-state index contributed by atoms with van der Waals surface area (Å²) in [7, 11) is 0. The van der Waals surface area contributed by atoms with E-state index in [1.54, 1.807) is 19.1 Å². The van der Waals surface area contributed by atoms with Crippen LogP contribution in [0.25, 0.3) is 0 Å². The molecule has 1 amide bonds. The predicted octanol–water partition coefficient (Wildman–Crippen LogP) is 6.44. The minimum atomic E-state index is -0.277. The van der Waals surface area contributed by atoms with Gasteiger partial charge in [-0.2, -0.15) is 0 Å². The number of carbonyl (C=O) groups is 1. The SMILES string of the molecule is C=C(CC(C)N1CCC(N(C(C)=O)c2ccc(F)cc2)CC1)C(C)C.CCCC. The maximum Gasteiger partial charge on any atom is 0.224 e. The molecule has 1 atom stereocenters. The monoisotopic (exact) mass is 404 g/mol. The average Bonchev–Trinajstić information content (AvgIpc) is 2.70. The van der Waals surface area contributed by atoms with Crippen molar-refractivity contribution in [1.29, 1.82) is 0 Å². The zero-order valence-corrected chi connectivity index (χ0v) is 19.4. The van der Waals surface area contributed by atoms with Crippen LogP contribution in [0.3, 0.4) is 0 Å². The number of anilines is 1. The molecule has 29 heavy (non-hydrogen) atoms. The number of likely N-dealkylation sites (tertiary alicyclic amines) is 1. The number of amides is 1. The van der Waals surface area contributed by atoms with E-state index in [0.717, 1.165) is 38.0 Å². The van der Waals surface area contributed by atoms with E-state index in [-0.39, 0.29) is 17.8 Å². The van der Waals surface area contributed by atoms with Gasteiger partial charge in [-0.1, -0.05) is 52.7 Å². The van der Waals surface area contributed by atoms with Gasteiger partial charge in [0, 0.05) is 37.8 Å². The molecule has 4 heteroatoms. The molecule has 1 saturated heterocycles. The molecule has 0 saturated carbocycles. The van der Waals surface area contributed by atoms with Crippen LogP contribution >= 0.6 is 0 Å². The summed E-state index contributed by atoms with van der Waals surface area (Å²) < 4.78 is 13.2. The average molecular weight is 405 g/mol. The van der Waals surface area contributed by atoms with Crippen molar-refractivity contribution in [3.8, 4) is 0 Å². The van der Waals surface area contributed by atoms with Crippen molar-refractivity contribution in [2.45, 2.75) is 85.7 Å². The summed E-state index contributed by atoms with van der Waals surface area (Å²) in [6.07, 6.45) is 5.54. The fourth-order valence-corrected chi connectivity index (χ4v) is 3.58. The normalized spacial score (nSPS) is 16.1. The first-order valence-corrected chi connectivity index (χ1v) is 11.2. The van der Waals surface area contributed by atoms with Crippen molar-refractivity contribution in [3.63, 3.8) is 0 Å². The Balaban J connectivity index is 0.000000960. The molecule has 0 aromatic heterocycles. The lowest BCUT2D eigenvalue weighted by molar-refractivity contribution is -0.117. The van der Waals surface area contributed by atoms with Crippen LogP contribution in [0.4, 0.5) is 10.1 Å². The number of unbranched alkanes of at least 4 members (excludes halogenated alkanes) is 1. The van der Waals surface area contributed by atoms with Crippen LogP contribution in [-0.2, 0) is 4.79 Å². The smallest absolute Gasteiger partial charge is 0.224 e. The largest absolute Gasteiger partial charge is 0.310 e. The molecule has 2 rings (SSSR count). The molecule has 0 spiro atoms. The van der Waals surface area contributed by atoms with Crippen LogP contribution in [0.2, 0.25) is 0 Å². The predicted molar refractivity (Wildman–Crippen MR) is 123 cm³/mol. The lowest BCUT2D eigenvalue weighted by Crippen LogP contribution is -2.49. The van der Waals surface area contributed by atoms with Crippen molar-refractivity contribution in [3.05, 3.63) is 42.2 Å². The number of rotatable bonds is 7. The van der Waals surface area contributed by atoms with E-state index in [9.17, 15) is 9.18 Å². The van der Waals surface area contributed by atoms with Gasteiger partial charge in [0.05, 0.1) is 0 Å². The Morgan fingerprint density at radius 2 is 1.66 bits per heavy atom. The van der Waals surface area contributed by atoms with Crippen molar-refractivity contribution in [2.24, 2.45) is 5.92 Å². The summed E-state index contributed by atoms with van der Waals surface area (Å²) in [6, 6.07) is 6.88. The van der Waals surface area contributed by atoms with Gasteiger partial charge >= 0.3 is 0 Å². The Bertz CT molecular complexity index is 616. The van der Waals surface area contributed by atoms with Gasteiger partial charge in [0.15, 0.2) is 0 Å². The first kappa shape index (κ1) is 25.4. The van der Waals surface area contributed by atoms with E-state index in [1.807, 2.05) is 4.90 Å². The quantitative estimate of drug-likeness (QED) is 0.488. The molecule has 0 aliphatic carbocycles. The second-order valence-corrected chi connectivity index (χ2v) is 8.50. The van der Waals surface area contributed by atoms with Crippen LogP contribution in [-0.4, -0.2) is 36.0 Å². The number of hydrogen-bond acceptors (Lipinski definition) is 2. The highest BCUT2D eigenvalue weighted by molar-refractivity contribution is 5.92. The van der Waals surface area contributed by atoms with Crippen LogP contribution in [0.15, 0.2) is 36.4 Å². The summed E-state index contributed by atoms with van der Waals surface area (Å²) in [4.78, 5) is 16.5. The van der Waals surface area contributed by atoms with E-state index in [1.165, 1.54) is 30.5 Å². The highest BCUT2D eigenvalue weighted by Crippen LogP contribution is 2.26. The molecule has 1 aliphatic heterocycles. The van der Waals surface area contributed by atoms with Gasteiger partial charge in [0.2, 0.25) is 5.91 Å². The zero-order valence-electron chi connectivity index (χ0n) is 19.4. The number of carbonyl (C=O) groups excluding carboxylic acids is 1. The standard InChI is InChI=1S/C21H31FN2O.C4H10/c1-15(2)16(3)14-17(4)23-12-10-21(11-13-23)24(18(5)25)20-8-6-19(22)7-9-20;1-3-4-2/h6-9,15,17,21H,3,10-14H2,1-2,4-5H3;3-4H2,1-2H3. The van der Waals surface area contributed by atoms with E-state index in [0.29, 0.717) is 12.0 Å². The Kier molecular flexibility index (Phi) is 11.2. The number of hydrogen-bond donors (Lipinski definition) is 0. The number of benzene rings is 1. The summed E-state index contributed by atoms with van der Waals surface area (Å²) in [5, 5.41) is 0. The number of halogens is 1. The zero-order chi connectivity index (χ0) is 22.0. The van der Waals surface area contributed by atoms with Crippen LogP contribution in [0.5, 0.6) is 0 Å². The Morgan fingerprint density at radius 1 is 1.14 bits per heavy atom. The third-order valence-corrected chi connectivity index (χ3v) is 5.81. The minimum Gasteiger partial charge on any atom is -0.310 e. The number of piperidine rings is 1. The summed E-state index contributed by atoms with van der Waals surface area (Å²) in [5.41, 5.74) is 2.08. The molecular weight excluding hydrogens is 363 g/mol. The molecule has 1 heterocycles. The van der Waals surface area contributed by atoms with Crippen LogP contribution < -0.4 is 4.90 Å². The summed E-state index contributed by atoms with van der Waals surface area (Å²) in [5.74, 6) is 0.263. The molecule has 1 aliphatic rings. The van der Waals surface area contributed by atoms with Crippen LogP contribution in [0.1, 0.15) is 73.6 Å². The molecule has 0 N–H and O–H groups in total. The second kappa shape index (κ2) is 12.8. The summed E-state index contributed by atoms with van der Waals surface area (Å²) >= 11 is 0. The van der Waals surface area contributed by atoms with Gasteiger partial charge in [0.1, 0.15) is 5.82 Å². The van der Waals surface area contributed by atoms with Crippen molar-refractivity contribution in [1.82, 2.24) is 4.90 Å². The lowest BCUT2D eigenvalue weighted by atomic mass is 9.95. The van der Waals surface area contributed by atoms with Crippen molar-refractivity contribution >= 4 is 11.6 Å². The molecule has 1 unspecified atom stereocenters. The molecule has 1 aromatic carbocycles. The van der Waals surface area contributed by atoms with Crippen molar-refractivity contribution in [2.75, 3.05) is 18.0 Å². The molecule has 3 nitrogen and oxygen atoms in total. The van der Waals surface area contributed by atoms with Gasteiger partial charge < -0.3 is 9.80 Å². The molecule has 164 valence electrons. The fraction of sp³-hybridized carbons (Fsp3) is 0.640. The third-order valence-electron chi connectivity index (χ3n) is 5.81. The van der Waals surface area contributed by atoms with E-state index in [2.05, 4.69) is 46.1 Å². The molecule has 1 aromatic rings. The second-order valence-electron chi connectivity index (χ2n) is 8.50. The molecule has 0 bridgehead atoms. The first-order chi connectivity index (χ1) is 13.7. The lowest BCUT2D eigenvalue weighted by Gasteiger charge is -2.40. The fourth-order valence-electron chi connectivity index (χ4n) is 3.58. The highest BCUT2D eigenvalue weighted by atomic mass is 19.1. The van der Waals surface area contributed by atoms with Gasteiger partial charge in [-0.05, 0) is 56.4 Å². The van der Waals surface area contributed by atoms with E-state index in [4.69, 9.17) is 0 Å². The Hall–Kier alpha value is -1.68. The molecule has 1 fully saturated rings. The van der Waals surface area contributed by atoms with Crippen molar-refractivity contribution < 1.29 is 9.18 Å². The van der Waals surface area contributed by atoms with Gasteiger partial charge in [-0.3, -0.25) is 4.79 Å². The van der Waals surface area contributed by atoms with Gasteiger partial charge in [-0.15, -0.1) is 0 Å². The van der Waals surface area contributed by atoms with Gasteiger partial charge in [-0.25, -0.2) is 4.39 Å². The topological polar surface area (TPSA) is 23.6 Å². The van der Waals surface area contributed by atoms with Crippen LogP contribution in [0, 0.1) is 11.7 Å². The highest BCUT2D eigenvalue weighted by Gasteiger charge is 2.29. The number of nitrogens with zero attached hydrogens (tertiary/aromatic N) is 2. The van der Waals surface area contributed by atoms with E-state index >= 15 is 0 Å². The summed E-state index contributed by atoms with van der Waals surface area (Å²) in [6.45, 7) is 18.7. The maximum absolute atomic E-state index is 13.2. The third kappa shape index (κ3) is 8.30. The van der Waals surface area contributed by atoms with E-state index < -0.39 is 0 Å². The maximum atomic E-state index is 13.2. The molecular formula is C25H41FN2O. The minimum absolute atomic E-state index is 0.0197. The Morgan fingerprint density at radius 3 is 2.07 bits per heavy atom. The van der Waals surface area contributed by atoms with Gasteiger partial charge in [0.25, 0.3) is 0 Å². The first-order valence-electron chi connectivity index (χ1n) is 11.2. The molecule has 0 radical (unpaired) electrons.